The number of rotatable bonds is 9. The van der Waals surface area contributed by atoms with Crippen LogP contribution < -0.4 is 10.6 Å². The molecule has 2 atom stereocenters. The highest BCUT2D eigenvalue weighted by Crippen LogP contribution is 2.34. The molecule has 40 heavy (non-hydrogen) atoms. The second-order valence-corrected chi connectivity index (χ2v) is 12.7. The van der Waals surface area contributed by atoms with Crippen molar-refractivity contribution in [2.75, 3.05) is 0 Å². The number of benzene rings is 2. The van der Waals surface area contributed by atoms with Crippen molar-refractivity contribution >= 4 is 17.9 Å². The molecule has 4 N–H and O–H groups in total. The summed E-state index contributed by atoms with van der Waals surface area (Å²) in [7, 11) is 0. The molecular formula is C31H45N3O6. The molecule has 0 saturated carbocycles. The van der Waals surface area contributed by atoms with Crippen molar-refractivity contribution in [2.45, 2.75) is 104 Å². The normalized spacial score (nSPS) is 13.6. The van der Waals surface area contributed by atoms with E-state index in [2.05, 4.69) is 10.6 Å². The maximum absolute atomic E-state index is 14.6. The zero-order valence-electron chi connectivity index (χ0n) is 25.2. The van der Waals surface area contributed by atoms with Gasteiger partial charge in [-0.3, -0.25) is 9.59 Å². The van der Waals surface area contributed by atoms with Gasteiger partial charge in [0.05, 0.1) is 0 Å². The first kappa shape index (κ1) is 32.5. The number of carbonyl (C=O) groups excluding carboxylic acids is 3. The quantitative estimate of drug-likeness (QED) is 0.336. The van der Waals surface area contributed by atoms with Crippen LogP contribution in [-0.4, -0.2) is 55.7 Å². The average molecular weight is 556 g/mol. The number of aromatic hydroxyl groups is 2. The van der Waals surface area contributed by atoms with Gasteiger partial charge in [0.25, 0.3) is 0 Å². The fraction of sp³-hybridized carbons (Fsp3) is 0.516. The van der Waals surface area contributed by atoms with E-state index >= 15 is 0 Å². The van der Waals surface area contributed by atoms with Crippen molar-refractivity contribution in [3.63, 3.8) is 0 Å². The number of phenolic OH excluding ortho intramolecular Hbond substituents is 2. The Hall–Kier alpha value is -3.75. The summed E-state index contributed by atoms with van der Waals surface area (Å²) in [4.78, 5) is 42.8. The average Bonchev–Trinajstić information content (AvgIpc) is 2.80. The highest BCUT2D eigenvalue weighted by Gasteiger charge is 2.43. The smallest absolute Gasteiger partial charge is 0.408 e. The molecule has 0 saturated heterocycles. The van der Waals surface area contributed by atoms with E-state index < -0.39 is 46.7 Å². The van der Waals surface area contributed by atoms with Gasteiger partial charge in [0.2, 0.25) is 11.8 Å². The Balaban J connectivity index is 2.69. The summed E-state index contributed by atoms with van der Waals surface area (Å²) in [6, 6.07) is 10.4. The molecule has 0 heterocycles. The van der Waals surface area contributed by atoms with Gasteiger partial charge in [0.1, 0.15) is 29.2 Å². The number of nitrogens with one attached hydrogen (secondary N) is 2. The van der Waals surface area contributed by atoms with Crippen LogP contribution >= 0.6 is 0 Å². The highest BCUT2D eigenvalue weighted by atomic mass is 16.6. The molecule has 220 valence electrons. The maximum Gasteiger partial charge on any atom is 0.408 e. The predicted molar refractivity (Wildman–Crippen MR) is 155 cm³/mol. The summed E-state index contributed by atoms with van der Waals surface area (Å²) >= 11 is 0. The van der Waals surface area contributed by atoms with E-state index in [0.29, 0.717) is 17.5 Å². The molecule has 0 aliphatic heterocycles. The van der Waals surface area contributed by atoms with Gasteiger partial charge >= 0.3 is 6.09 Å². The minimum atomic E-state index is -1.11. The van der Waals surface area contributed by atoms with Gasteiger partial charge in [0, 0.05) is 17.5 Å². The number of nitrogens with zero attached hydrogens (tertiary/aromatic N) is 1. The second-order valence-electron chi connectivity index (χ2n) is 12.7. The number of ether oxygens (including phenoxy) is 1. The molecule has 0 aromatic heterocycles. The maximum atomic E-state index is 14.6. The zero-order valence-corrected chi connectivity index (χ0v) is 25.2. The van der Waals surface area contributed by atoms with Crippen LogP contribution in [0.4, 0.5) is 4.79 Å². The molecule has 2 rings (SSSR count). The Kier molecular flexibility index (Phi) is 10.2. The van der Waals surface area contributed by atoms with E-state index in [9.17, 15) is 24.6 Å². The van der Waals surface area contributed by atoms with Crippen molar-refractivity contribution in [3.8, 4) is 11.5 Å². The molecule has 9 nitrogen and oxygen atoms in total. The van der Waals surface area contributed by atoms with Crippen molar-refractivity contribution in [1.82, 2.24) is 15.5 Å². The minimum Gasteiger partial charge on any atom is -0.508 e. The first-order valence-electron chi connectivity index (χ1n) is 13.5. The molecule has 2 unspecified atom stereocenters. The monoisotopic (exact) mass is 555 g/mol. The summed E-state index contributed by atoms with van der Waals surface area (Å²) < 4.78 is 5.47. The van der Waals surface area contributed by atoms with E-state index in [1.165, 1.54) is 29.2 Å². The molecule has 9 heteroatoms. The lowest BCUT2D eigenvalue weighted by Crippen LogP contribution is -2.60. The molecule has 0 radical (unpaired) electrons. The standard InChI is InChI=1S/C31H45N3O6/c1-10-31(8,9)34(25(26(37)33-29(2,3)4)21-12-11-13-23(36)19-21)27(38)24(32-28(39)40-30(5,6)7)18-20-14-16-22(35)17-15-20/h11-17,19,24-25,35-36H,10,18H2,1-9H3,(H,32,39)(H,33,37). The van der Waals surface area contributed by atoms with Gasteiger partial charge in [-0.2, -0.15) is 0 Å². The van der Waals surface area contributed by atoms with Crippen molar-refractivity contribution in [2.24, 2.45) is 0 Å². The first-order valence-corrected chi connectivity index (χ1v) is 13.5. The second kappa shape index (κ2) is 12.6. The molecule has 0 bridgehead atoms. The number of amides is 3. The molecule has 2 aromatic carbocycles. The summed E-state index contributed by atoms with van der Waals surface area (Å²) in [5, 5.41) is 25.7. The predicted octanol–water partition coefficient (Wildman–Crippen LogP) is 5.21. The lowest BCUT2D eigenvalue weighted by molar-refractivity contribution is -0.149. The Morgan fingerprint density at radius 1 is 0.900 bits per heavy atom. The van der Waals surface area contributed by atoms with Gasteiger partial charge in [-0.05, 0) is 97.2 Å². The van der Waals surface area contributed by atoms with Crippen LogP contribution in [0.5, 0.6) is 11.5 Å². The van der Waals surface area contributed by atoms with E-state index in [0.717, 1.165) is 0 Å². The van der Waals surface area contributed by atoms with Crippen molar-refractivity contribution < 1.29 is 29.3 Å². The Morgan fingerprint density at radius 2 is 1.50 bits per heavy atom. The molecule has 0 fully saturated rings. The number of hydrogen-bond donors (Lipinski definition) is 4. The van der Waals surface area contributed by atoms with Gasteiger partial charge in [0.15, 0.2) is 0 Å². The SMILES string of the molecule is CCC(C)(C)N(C(=O)C(Cc1ccc(O)cc1)NC(=O)OC(C)(C)C)C(C(=O)NC(C)(C)C)c1cccc(O)c1. The van der Waals surface area contributed by atoms with Crippen LogP contribution in [0, 0.1) is 0 Å². The molecule has 3 amide bonds. The molecule has 0 aliphatic carbocycles. The third-order valence-electron chi connectivity index (χ3n) is 6.31. The molecule has 2 aromatic rings. The summed E-state index contributed by atoms with van der Waals surface area (Å²) in [6.45, 7) is 16.3. The number of carbonyl (C=O) groups is 3. The van der Waals surface area contributed by atoms with Crippen LogP contribution in [0.15, 0.2) is 48.5 Å². The fourth-order valence-corrected chi connectivity index (χ4v) is 4.18. The van der Waals surface area contributed by atoms with E-state index in [1.54, 1.807) is 45.0 Å². The van der Waals surface area contributed by atoms with Gasteiger partial charge in [-0.25, -0.2) is 4.79 Å². The molecule has 0 aliphatic rings. The Labute approximate surface area is 237 Å². The topological polar surface area (TPSA) is 128 Å². The van der Waals surface area contributed by atoms with Gasteiger partial charge < -0.3 is 30.5 Å². The summed E-state index contributed by atoms with van der Waals surface area (Å²) in [5.41, 5.74) is -1.12. The number of alkyl carbamates (subject to hydrolysis) is 1. The van der Waals surface area contributed by atoms with Crippen LogP contribution in [0.2, 0.25) is 0 Å². The van der Waals surface area contributed by atoms with Crippen molar-refractivity contribution in [3.05, 3.63) is 59.7 Å². The fourth-order valence-electron chi connectivity index (χ4n) is 4.18. The third kappa shape index (κ3) is 9.47. The van der Waals surface area contributed by atoms with Gasteiger partial charge in [-0.15, -0.1) is 0 Å². The summed E-state index contributed by atoms with van der Waals surface area (Å²) in [5.74, 6) is -0.889. The third-order valence-corrected chi connectivity index (χ3v) is 6.31. The van der Waals surface area contributed by atoms with Crippen molar-refractivity contribution in [1.29, 1.82) is 0 Å². The highest BCUT2D eigenvalue weighted by molar-refractivity contribution is 5.93. The number of phenols is 2. The summed E-state index contributed by atoms with van der Waals surface area (Å²) in [6.07, 6.45) is -0.190. The number of hydrogen-bond acceptors (Lipinski definition) is 6. The van der Waals surface area contributed by atoms with E-state index in [-0.39, 0.29) is 17.9 Å². The van der Waals surface area contributed by atoms with Crippen LogP contribution in [0.25, 0.3) is 0 Å². The molecule has 0 spiro atoms. The Bertz CT molecular complexity index is 1180. The zero-order chi connectivity index (χ0) is 30.5. The van der Waals surface area contributed by atoms with Gasteiger partial charge in [-0.1, -0.05) is 31.2 Å². The Morgan fingerprint density at radius 3 is 2.00 bits per heavy atom. The largest absolute Gasteiger partial charge is 0.508 e. The lowest BCUT2D eigenvalue weighted by Gasteiger charge is -2.45. The molecular weight excluding hydrogens is 510 g/mol. The van der Waals surface area contributed by atoms with Crippen LogP contribution in [-0.2, 0) is 20.7 Å². The first-order chi connectivity index (χ1) is 18.3. The van der Waals surface area contributed by atoms with E-state index in [4.69, 9.17) is 4.74 Å². The van der Waals surface area contributed by atoms with Crippen LogP contribution in [0.1, 0.15) is 85.9 Å². The van der Waals surface area contributed by atoms with Crippen LogP contribution in [0.3, 0.4) is 0 Å². The van der Waals surface area contributed by atoms with E-state index in [1.807, 2.05) is 41.5 Å². The lowest BCUT2D eigenvalue weighted by atomic mass is 9.90. The minimum absolute atomic E-state index is 0.0414.